The zero-order valence-corrected chi connectivity index (χ0v) is 9.39. The molecule has 0 aliphatic rings. The van der Waals surface area contributed by atoms with Crippen molar-refractivity contribution in [3.8, 4) is 0 Å². The van der Waals surface area contributed by atoms with E-state index in [1.165, 1.54) is 4.68 Å². The first-order valence-electron chi connectivity index (χ1n) is 4.98. The molecule has 0 bridgehead atoms. The molecule has 0 radical (unpaired) electrons. The zero-order chi connectivity index (χ0) is 13.3. The lowest BCUT2D eigenvalue weighted by Crippen LogP contribution is -2.12. The predicted octanol–water partition coefficient (Wildman–Crippen LogP) is 0.496. The van der Waals surface area contributed by atoms with Crippen molar-refractivity contribution in [2.45, 2.75) is 6.42 Å². The number of aromatic nitrogens is 4. The van der Waals surface area contributed by atoms with Crippen LogP contribution in [0.3, 0.4) is 0 Å². The summed E-state index contributed by atoms with van der Waals surface area (Å²) in [5, 5.41) is 10.5. The molecule has 0 fully saturated rings. The highest BCUT2D eigenvalue weighted by Crippen LogP contribution is 2.18. The van der Waals surface area contributed by atoms with Crippen LogP contribution < -0.4 is 5.73 Å². The van der Waals surface area contributed by atoms with E-state index in [-0.39, 0.29) is 17.7 Å². The van der Waals surface area contributed by atoms with Gasteiger partial charge in [-0.2, -0.15) is 0 Å². The summed E-state index contributed by atoms with van der Waals surface area (Å²) in [5.74, 6) is -2.39. The van der Waals surface area contributed by atoms with Gasteiger partial charge in [0.1, 0.15) is 0 Å². The molecule has 0 aliphatic carbocycles. The van der Waals surface area contributed by atoms with Gasteiger partial charge in [-0.25, -0.2) is 13.5 Å². The van der Waals surface area contributed by atoms with Crippen molar-refractivity contribution in [1.82, 2.24) is 20.2 Å². The molecule has 8 heteroatoms. The molecule has 0 amide bonds. The minimum atomic E-state index is -1.12. The van der Waals surface area contributed by atoms with Crippen molar-refractivity contribution in [2.24, 2.45) is 7.05 Å². The van der Waals surface area contributed by atoms with Gasteiger partial charge in [-0.3, -0.25) is 4.79 Å². The molecule has 94 valence electrons. The molecule has 0 atom stereocenters. The van der Waals surface area contributed by atoms with Gasteiger partial charge >= 0.3 is 0 Å². The average Bonchev–Trinajstić information content (AvgIpc) is 2.69. The largest absolute Gasteiger partial charge is 0.398 e. The van der Waals surface area contributed by atoms with E-state index in [4.69, 9.17) is 5.73 Å². The van der Waals surface area contributed by atoms with Crippen molar-refractivity contribution in [2.75, 3.05) is 5.73 Å². The first-order chi connectivity index (χ1) is 8.49. The second-order valence-electron chi connectivity index (χ2n) is 3.67. The molecule has 1 heterocycles. The fraction of sp³-hybridized carbons (Fsp3) is 0.200. The average molecular weight is 253 g/mol. The van der Waals surface area contributed by atoms with Crippen LogP contribution in [0, 0.1) is 11.6 Å². The topological polar surface area (TPSA) is 86.7 Å². The SMILES string of the molecule is Cn1nnnc1CC(=O)c1cc(F)c(F)cc1N. The molecule has 18 heavy (non-hydrogen) atoms. The lowest BCUT2D eigenvalue weighted by molar-refractivity contribution is 0.0990. The molecule has 2 N–H and O–H groups in total. The number of nitrogen functional groups attached to an aromatic ring is 1. The van der Waals surface area contributed by atoms with Crippen LogP contribution in [0.1, 0.15) is 16.2 Å². The van der Waals surface area contributed by atoms with Gasteiger partial charge in [0.2, 0.25) is 0 Å². The highest BCUT2D eigenvalue weighted by Gasteiger charge is 2.17. The summed E-state index contributed by atoms with van der Waals surface area (Å²) in [7, 11) is 1.57. The Balaban J connectivity index is 2.30. The number of anilines is 1. The van der Waals surface area contributed by atoms with Crippen LogP contribution in [0.25, 0.3) is 0 Å². The van der Waals surface area contributed by atoms with Crippen LogP contribution in [0.4, 0.5) is 14.5 Å². The van der Waals surface area contributed by atoms with Crippen LogP contribution in [0.15, 0.2) is 12.1 Å². The Hall–Kier alpha value is -2.38. The Morgan fingerprint density at radius 2 is 2.06 bits per heavy atom. The molecule has 0 saturated heterocycles. The summed E-state index contributed by atoms with van der Waals surface area (Å²) in [4.78, 5) is 11.9. The van der Waals surface area contributed by atoms with E-state index in [0.29, 0.717) is 5.82 Å². The molecule has 2 rings (SSSR count). The summed E-state index contributed by atoms with van der Waals surface area (Å²) in [6.07, 6.45) is -0.140. The van der Waals surface area contributed by atoms with Crippen LogP contribution in [0.2, 0.25) is 0 Å². The monoisotopic (exact) mass is 253 g/mol. The lowest BCUT2D eigenvalue weighted by atomic mass is 10.1. The molecule has 0 saturated carbocycles. The van der Waals surface area contributed by atoms with E-state index in [1.54, 1.807) is 7.05 Å². The van der Waals surface area contributed by atoms with Crippen molar-refractivity contribution >= 4 is 11.5 Å². The highest BCUT2D eigenvalue weighted by atomic mass is 19.2. The predicted molar refractivity (Wildman–Crippen MR) is 57.6 cm³/mol. The number of carbonyl (C=O) groups excluding carboxylic acids is 1. The summed E-state index contributed by atoms with van der Waals surface area (Å²) in [6, 6.07) is 1.55. The number of hydrogen-bond donors (Lipinski definition) is 1. The second kappa shape index (κ2) is 4.47. The molecule has 0 spiro atoms. The molecule has 0 aliphatic heterocycles. The smallest absolute Gasteiger partial charge is 0.172 e. The van der Waals surface area contributed by atoms with Gasteiger partial charge < -0.3 is 5.73 Å². The van der Waals surface area contributed by atoms with Gasteiger partial charge in [0, 0.05) is 24.4 Å². The Labute approximate surface area is 100 Å². The quantitative estimate of drug-likeness (QED) is 0.635. The van der Waals surface area contributed by atoms with E-state index in [0.717, 1.165) is 12.1 Å². The molecule has 2 aromatic rings. The van der Waals surface area contributed by atoms with Crippen LogP contribution >= 0.6 is 0 Å². The van der Waals surface area contributed by atoms with E-state index < -0.39 is 17.4 Å². The lowest BCUT2D eigenvalue weighted by Gasteiger charge is -2.05. The number of nitrogens with two attached hydrogens (primary N) is 1. The minimum absolute atomic E-state index is 0.0862. The van der Waals surface area contributed by atoms with Crippen molar-refractivity contribution in [1.29, 1.82) is 0 Å². The van der Waals surface area contributed by atoms with Crippen molar-refractivity contribution in [3.05, 3.63) is 35.2 Å². The van der Waals surface area contributed by atoms with Gasteiger partial charge in [-0.15, -0.1) is 5.10 Å². The molecular formula is C10H9F2N5O. The number of carbonyl (C=O) groups is 1. The van der Waals surface area contributed by atoms with Gasteiger partial charge in [-0.05, 0) is 16.5 Å². The third kappa shape index (κ3) is 2.17. The number of Topliss-reactive ketones (excluding diaryl/α,β-unsaturated/α-hetero) is 1. The van der Waals surface area contributed by atoms with Crippen LogP contribution in [-0.2, 0) is 13.5 Å². The van der Waals surface area contributed by atoms with E-state index in [9.17, 15) is 13.6 Å². The van der Waals surface area contributed by atoms with Gasteiger partial charge in [0.15, 0.2) is 23.2 Å². The molecular weight excluding hydrogens is 244 g/mol. The maximum absolute atomic E-state index is 13.0. The number of aryl methyl sites for hydroxylation is 1. The van der Waals surface area contributed by atoms with Crippen molar-refractivity contribution in [3.63, 3.8) is 0 Å². The normalized spacial score (nSPS) is 10.6. The first-order valence-corrected chi connectivity index (χ1v) is 4.98. The maximum atomic E-state index is 13.0. The van der Waals surface area contributed by atoms with Gasteiger partial charge in [0.05, 0.1) is 6.42 Å². The third-order valence-corrected chi connectivity index (χ3v) is 2.42. The zero-order valence-electron chi connectivity index (χ0n) is 9.39. The summed E-state index contributed by atoms with van der Waals surface area (Å²) < 4.78 is 27.2. The van der Waals surface area contributed by atoms with Crippen LogP contribution in [-0.4, -0.2) is 26.0 Å². The van der Waals surface area contributed by atoms with E-state index >= 15 is 0 Å². The Bertz CT molecular complexity index is 610. The standard InChI is InChI=1S/C10H9F2N5O/c1-17-10(14-15-16-17)4-9(18)5-2-6(11)7(12)3-8(5)13/h2-3H,4,13H2,1H3. The Morgan fingerprint density at radius 3 is 2.67 bits per heavy atom. The second-order valence-corrected chi connectivity index (χ2v) is 3.67. The number of halogens is 2. The minimum Gasteiger partial charge on any atom is -0.398 e. The maximum Gasteiger partial charge on any atom is 0.172 e. The number of rotatable bonds is 3. The molecule has 6 nitrogen and oxygen atoms in total. The first kappa shape index (κ1) is 12.1. The summed E-state index contributed by atoms with van der Waals surface area (Å²) >= 11 is 0. The van der Waals surface area contributed by atoms with E-state index in [2.05, 4.69) is 15.5 Å². The molecule has 1 aromatic heterocycles. The highest BCUT2D eigenvalue weighted by molar-refractivity contribution is 6.01. The Morgan fingerprint density at radius 1 is 1.39 bits per heavy atom. The number of hydrogen-bond acceptors (Lipinski definition) is 5. The number of tetrazole rings is 1. The number of nitrogens with zero attached hydrogens (tertiary/aromatic N) is 4. The molecule has 1 aromatic carbocycles. The third-order valence-electron chi connectivity index (χ3n) is 2.42. The van der Waals surface area contributed by atoms with Crippen molar-refractivity contribution < 1.29 is 13.6 Å². The Kier molecular flexibility index (Phi) is 3.00. The van der Waals surface area contributed by atoms with Gasteiger partial charge in [0.25, 0.3) is 0 Å². The van der Waals surface area contributed by atoms with Gasteiger partial charge in [-0.1, -0.05) is 0 Å². The fourth-order valence-electron chi connectivity index (χ4n) is 1.44. The number of ketones is 1. The van der Waals surface area contributed by atoms with E-state index in [1.807, 2.05) is 0 Å². The molecule has 0 unspecified atom stereocenters. The van der Waals surface area contributed by atoms with Crippen LogP contribution in [0.5, 0.6) is 0 Å². The summed E-state index contributed by atoms with van der Waals surface area (Å²) in [6.45, 7) is 0. The summed E-state index contributed by atoms with van der Waals surface area (Å²) in [5.41, 5.74) is 5.27. The fourth-order valence-corrected chi connectivity index (χ4v) is 1.44. The number of benzene rings is 1.